The Morgan fingerprint density at radius 1 is 0.887 bits per heavy atom. The van der Waals surface area contributed by atoms with Crippen LogP contribution in [0, 0.1) is 29.1 Å². The molecule has 3 saturated heterocycles. The number of piperazine rings is 1. The van der Waals surface area contributed by atoms with Crippen LogP contribution in [0.2, 0.25) is 0 Å². The number of likely N-dealkylation sites (tertiary alicyclic amines) is 2. The van der Waals surface area contributed by atoms with Crippen molar-refractivity contribution in [2.75, 3.05) is 67.5 Å². The van der Waals surface area contributed by atoms with Crippen molar-refractivity contribution in [3.05, 3.63) is 89.6 Å². The minimum atomic E-state index is -0.837. The van der Waals surface area contributed by atoms with Gasteiger partial charge < -0.3 is 45.8 Å². The van der Waals surface area contributed by atoms with Gasteiger partial charge in [-0.05, 0) is 136 Å². The highest BCUT2D eigenvalue weighted by Crippen LogP contribution is 2.55. The Hall–Kier alpha value is -6.24. The van der Waals surface area contributed by atoms with Crippen LogP contribution < -0.4 is 25.8 Å². The van der Waals surface area contributed by atoms with Gasteiger partial charge >= 0.3 is 0 Å². The Bertz CT molecular complexity index is 2540. The van der Waals surface area contributed by atoms with E-state index in [0.29, 0.717) is 23.2 Å². The van der Waals surface area contributed by atoms with Crippen LogP contribution in [-0.2, 0) is 20.9 Å². The number of nitrogens with one attached hydrogen (secondary N) is 3. The summed E-state index contributed by atoms with van der Waals surface area (Å²) >= 11 is 0. The number of amides is 3. The summed E-state index contributed by atoms with van der Waals surface area (Å²) in [5, 5.41) is 39.5. The molecule has 0 unspecified atom stereocenters. The lowest BCUT2D eigenvalue weighted by atomic mass is 9.56. The Balaban J connectivity index is 0.713. The highest BCUT2D eigenvalue weighted by Gasteiger charge is 2.50. The lowest BCUT2D eigenvalue weighted by molar-refractivity contribution is -0.145. The number of phenols is 1. The summed E-state index contributed by atoms with van der Waals surface area (Å²) in [6.07, 6.45) is 15.2. The molecule has 5 fully saturated rings. The number of benzene rings is 2. The second-order valence-electron chi connectivity index (χ2n) is 21.8. The SMILES string of the molecule is C#Cc1ccc(CNC(=O)[C@@H]2C[C@@H](O)CN2C(=O)[C@@H](NC(=O)[C@H]2CCC3(CC2)C[C@H](N2CCC(c4ccc(N5CCN(c6cc(-c7ccccc7O)nnc6NCC)CC5)nc4)CC2)C3)C(C)(C)C)cc1. The molecule has 3 atom stereocenters. The highest BCUT2D eigenvalue weighted by atomic mass is 16.3. The predicted octanol–water partition coefficient (Wildman–Crippen LogP) is 6.31. The number of para-hydroxylation sites is 1. The molecule has 0 bridgehead atoms. The summed E-state index contributed by atoms with van der Waals surface area (Å²) in [5.41, 5.74) is 4.93. The third-order valence-corrected chi connectivity index (χ3v) is 16.1. The molecule has 2 saturated carbocycles. The summed E-state index contributed by atoms with van der Waals surface area (Å²) in [6.45, 7) is 14.4. The average Bonchev–Trinajstić information content (AvgIpc) is 3.78. The number of hydrogen-bond donors (Lipinski definition) is 5. The second-order valence-corrected chi connectivity index (χ2v) is 21.8. The number of terminal acetylenes is 1. The van der Waals surface area contributed by atoms with Gasteiger partial charge in [0.15, 0.2) is 5.82 Å². The molecule has 0 radical (unpaired) electrons. The number of hydrogen-bond acceptors (Lipinski definition) is 12. The molecule has 3 amide bonds. The minimum absolute atomic E-state index is 0.0438. The summed E-state index contributed by atoms with van der Waals surface area (Å²) in [4.78, 5) is 55.4. The number of anilines is 3. The molecule has 1 spiro atoms. The van der Waals surface area contributed by atoms with Gasteiger partial charge in [0.05, 0.1) is 17.5 Å². The molecule has 2 aromatic carbocycles. The van der Waals surface area contributed by atoms with Gasteiger partial charge in [0.25, 0.3) is 0 Å². The maximum atomic E-state index is 14.2. The van der Waals surface area contributed by atoms with Crippen molar-refractivity contribution in [3.8, 4) is 29.4 Å². The maximum absolute atomic E-state index is 14.2. The zero-order valence-corrected chi connectivity index (χ0v) is 41.9. The largest absolute Gasteiger partial charge is 0.507 e. The molecule has 2 aliphatic carbocycles. The first-order chi connectivity index (χ1) is 34.2. The third kappa shape index (κ3) is 11.1. The molecule has 4 aromatic rings. The summed E-state index contributed by atoms with van der Waals surface area (Å²) < 4.78 is 0. The van der Waals surface area contributed by atoms with E-state index < -0.39 is 23.6 Å². The third-order valence-electron chi connectivity index (χ3n) is 16.1. The minimum Gasteiger partial charge on any atom is -0.507 e. The molecular formula is C56H72N10O5. The molecule has 3 aliphatic heterocycles. The van der Waals surface area contributed by atoms with Gasteiger partial charge in [-0.25, -0.2) is 4.98 Å². The van der Waals surface area contributed by atoms with Gasteiger partial charge in [-0.1, -0.05) is 57.0 Å². The number of aromatic hydroxyl groups is 1. The van der Waals surface area contributed by atoms with E-state index in [9.17, 15) is 24.6 Å². The normalized spacial score (nSPS) is 24.5. The van der Waals surface area contributed by atoms with Crippen molar-refractivity contribution in [1.82, 2.24) is 35.6 Å². The Morgan fingerprint density at radius 2 is 1.59 bits per heavy atom. The quantitative estimate of drug-likeness (QED) is 0.0945. The first-order valence-corrected chi connectivity index (χ1v) is 25.9. The van der Waals surface area contributed by atoms with E-state index in [1.165, 1.54) is 23.3 Å². The van der Waals surface area contributed by atoms with Crippen LogP contribution in [0.1, 0.15) is 108 Å². The lowest BCUT2D eigenvalue weighted by Gasteiger charge is -2.55. The van der Waals surface area contributed by atoms with Gasteiger partial charge in [-0.2, -0.15) is 0 Å². The van der Waals surface area contributed by atoms with Gasteiger partial charge in [0, 0.05) is 81.5 Å². The standard InChI is InChI=1S/C56H72N10O5/c1-6-37-12-14-38(15-13-37)34-59-53(70)47-30-43(67)36-66(47)54(71)50(55(3,4)5)60-52(69)40-18-22-56(23-19-40)32-42(33-56)63-24-20-39(21-25-63)41-16-17-49(58-35-41)65-28-26-64(27-29-65)46-31-45(61-62-51(46)57-7-2)44-10-8-9-11-48(44)68/h1,8-17,31,35,39-40,42-43,47,50,67-68H,7,18-30,32-34,36H2,2-5H3,(H,57,62)(H,59,70)(H,60,69)/t40-,42-,43-,47+,50-,56?/m1/s1. The molecule has 71 heavy (non-hydrogen) atoms. The molecular weight excluding hydrogens is 893 g/mol. The van der Waals surface area contributed by atoms with Crippen LogP contribution >= 0.6 is 0 Å². The van der Waals surface area contributed by atoms with Crippen LogP contribution in [-0.4, -0.2) is 130 Å². The summed E-state index contributed by atoms with van der Waals surface area (Å²) in [7, 11) is 0. The number of rotatable bonds is 13. The topological polar surface area (TPSA) is 179 Å². The van der Waals surface area contributed by atoms with Crippen LogP contribution in [0.25, 0.3) is 11.3 Å². The molecule has 5 heterocycles. The van der Waals surface area contributed by atoms with Crippen LogP contribution in [0.5, 0.6) is 5.75 Å². The van der Waals surface area contributed by atoms with Crippen molar-refractivity contribution in [2.45, 2.75) is 122 Å². The van der Waals surface area contributed by atoms with Crippen LogP contribution in [0.15, 0.2) is 72.9 Å². The first kappa shape index (κ1) is 49.7. The van der Waals surface area contributed by atoms with E-state index in [-0.39, 0.29) is 54.3 Å². The van der Waals surface area contributed by atoms with Gasteiger partial charge in [0.1, 0.15) is 23.7 Å². The number of pyridine rings is 1. The van der Waals surface area contributed by atoms with Crippen molar-refractivity contribution in [1.29, 1.82) is 0 Å². The lowest BCUT2D eigenvalue weighted by Crippen LogP contribution is -2.59. The van der Waals surface area contributed by atoms with Gasteiger partial charge in [-0.15, -0.1) is 16.6 Å². The van der Waals surface area contributed by atoms with E-state index in [1.807, 2.05) is 70.2 Å². The van der Waals surface area contributed by atoms with E-state index >= 15 is 0 Å². The molecule has 15 heteroatoms. The zero-order chi connectivity index (χ0) is 49.9. The zero-order valence-electron chi connectivity index (χ0n) is 41.9. The molecule has 2 aromatic heterocycles. The number of aliphatic hydroxyl groups excluding tert-OH is 1. The number of aromatic nitrogens is 3. The fourth-order valence-electron chi connectivity index (χ4n) is 11.8. The van der Waals surface area contributed by atoms with Crippen molar-refractivity contribution in [2.24, 2.45) is 16.7 Å². The van der Waals surface area contributed by atoms with Crippen LogP contribution in [0.3, 0.4) is 0 Å². The number of carbonyl (C=O) groups is 3. The van der Waals surface area contributed by atoms with Crippen molar-refractivity contribution >= 4 is 35.0 Å². The Morgan fingerprint density at radius 3 is 2.24 bits per heavy atom. The summed E-state index contributed by atoms with van der Waals surface area (Å²) in [5.74, 6) is 4.12. The Kier molecular flexibility index (Phi) is 14.9. The molecule has 15 nitrogen and oxygen atoms in total. The molecule has 9 rings (SSSR count). The number of phenolic OH excluding ortho intramolecular Hbond substituents is 1. The number of carbonyl (C=O) groups excluding carboxylic acids is 3. The fourth-order valence-corrected chi connectivity index (χ4v) is 11.8. The molecule has 5 N–H and O–H groups in total. The van der Waals surface area contributed by atoms with Gasteiger partial charge in [-0.3, -0.25) is 14.4 Å². The van der Waals surface area contributed by atoms with E-state index in [1.54, 1.807) is 12.1 Å². The van der Waals surface area contributed by atoms with E-state index in [4.69, 9.17) is 11.4 Å². The first-order valence-electron chi connectivity index (χ1n) is 25.9. The Labute approximate surface area is 419 Å². The molecule has 5 aliphatic rings. The monoisotopic (exact) mass is 965 g/mol. The highest BCUT2D eigenvalue weighted by molar-refractivity contribution is 5.93. The molecule has 376 valence electrons. The second kappa shape index (κ2) is 21.2. The van der Waals surface area contributed by atoms with E-state index in [0.717, 1.165) is 113 Å². The number of nitrogens with zero attached hydrogens (tertiary/aromatic N) is 7. The van der Waals surface area contributed by atoms with Crippen molar-refractivity contribution < 1.29 is 24.6 Å². The van der Waals surface area contributed by atoms with E-state index in [2.05, 4.69) is 65.1 Å². The smallest absolute Gasteiger partial charge is 0.246 e. The maximum Gasteiger partial charge on any atom is 0.246 e. The fraction of sp³-hybridized carbons (Fsp3) is 0.536. The number of β-amino-alcohol motifs (C(OH)–C–C–N with tert-alkyl or cyclic N) is 1. The predicted molar refractivity (Wildman–Crippen MR) is 277 cm³/mol. The van der Waals surface area contributed by atoms with Crippen molar-refractivity contribution in [3.63, 3.8) is 0 Å². The van der Waals surface area contributed by atoms with Gasteiger partial charge in [0.2, 0.25) is 17.7 Å². The van der Waals surface area contributed by atoms with Crippen LogP contribution in [0.4, 0.5) is 17.3 Å². The number of aliphatic hydroxyl groups is 1. The average molecular weight is 965 g/mol. The summed E-state index contributed by atoms with van der Waals surface area (Å²) in [6, 6.07) is 20.0. The number of piperidine rings is 1.